The monoisotopic (exact) mass is 390 g/mol. The summed E-state index contributed by atoms with van der Waals surface area (Å²) in [4.78, 5) is 35.3. The van der Waals surface area contributed by atoms with Crippen molar-refractivity contribution in [1.29, 1.82) is 0 Å². The minimum atomic E-state index is -0.397. The molecule has 0 aliphatic rings. The van der Waals surface area contributed by atoms with Gasteiger partial charge in [0.15, 0.2) is 5.78 Å². The third kappa shape index (κ3) is 8.65. The molecule has 0 aliphatic heterocycles. The normalized spacial score (nSPS) is 12.9. The first-order valence-electron chi connectivity index (χ1n) is 9.74. The van der Waals surface area contributed by atoms with Gasteiger partial charge in [-0.25, -0.2) is 0 Å². The van der Waals surface area contributed by atoms with Crippen LogP contribution in [0.25, 0.3) is 0 Å². The lowest BCUT2D eigenvalue weighted by atomic mass is 9.84. The molecule has 28 heavy (non-hydrogen) atoms. The van der Waals surface area contributed by atoms with Gasteiger partial charge in [0.2, 0.25) is 0 Å². The molecule has 6 heteroatoms. The number of unbranched alkanes of at least 4 members (excludes halogenated alkanes) is 1. The van der Waals surface area contributed by atoms with Crippen LogP contribution in [0.5, 0.6) is 5.75 Å². The maximum absolute atomic E-state index is 12.7. The third-order valence-electron chi connectivity index (χ3n) is 4.15. The molecule has 0 fully saturated rings. The van der Waals surface area contributed by atoms with Gasteiger partial charge in [-0.05, 0) is 58.2 Å². The number of ether oxygens (including phenoxy) is 1. The number of ketones is 1. The Hall–Kier alpha value is -2.21. The predicted molar refractivity (Wildman–Crippen MR) is 110 cm³/mol. The van der Waals surface area contributed by atoms with Crippen molar-refractivity contribution in [3.63, 3.8) is 0 Å². The Labute approximate surface area is 168 Å². The predicted octanol–water partition coefficient (Wildman–Crippen LogP) is 3.49. The summed E-state index contributed by atoms with van der Waals surface area (Å²) in [7, 11) is 0. The van der Waals surface area contributed by atoms with Crippen molar-refractivity contribution in [1.82, 2.24) is 10.6 Å². The van der Waals surface area contributed by atoms with Crippen LogP contribution >= 0.6 is 0 Å². The van der Waals surface area contributed by atoms with E-state index in [-0.39, 0.29) is 23.3 Å². The third-order valence-corrected chi connectivity index (χ3v) is 4.15. The quantitative estimate of drug-likeness (QED) is 0.472. The first kappa shape index (κ1) is 23.8. The van der Waals surface area contributed by atoms with Crippen LogP contribution in [0.15, 0.2) is 24.3 Å². The number of hydrogen-bond acceptors (Lipinski definition) is 5. The number of benzene rings is 1. The van der Waals surface area contributed by atoms with Crippen LogP contribution in [0.4, 0.5) is 0 Å². The van der Waals surface area contributed by atoms with Gasteiger partial charge in [0.1, 0.15) is 5.75 Å². The lowest BCUT2D eigenvalue weighted by molar-refractivity contribution is -0.129. The number of Topliss-reactive ketones (excluding diaryl/α,β-unsaturated/α-hetero) is 1. The summed E-state index contributed by atoms with van der Waals surface area (Å²) < 4.78 is 4.76. The Morgan fingerprint density at radius 3 is 2.36 bits per heavy atom. The molecule has 0 aliphatic carbocycles. The van der Waals surface area contributed by atoms with E-state index in [1.54, 1.807) is 18.2 Å². The Bertz CT molecular complexity index is 672. The van der Waals surface area contributed by atoms with Crippen molar-refractivity contribution >= 4 is 18.2 Å². The van der Waals surface area contributed by atoms with Gasteiger partial charge in [0.25, 0.3) is 12.4 Å². The fourth-order valence-electron chi connectivity index (χ4n) is 2.86. The van der Waals surface area contributed by atoms with E-state index in [9.17, 15) is 14.4 Å². The molecule has 1 atom stereocenters. The standard InChI is InChI=1S/C22H34N2O4/c1-21(2,3)19(26)18(24-22(4,5)6)12-7-8-13-23-20(27)16-10-9-11-17(14-16)28-15-25/h9-11,14-15,18,24H,7-8,12-13H2,1-6H3,(H,23,27)/t18-/m0/s1. The zero-order chi connectivity index (χ0) is 21.4. The fourth-order valence-corrected chi connectivity index (χ4v) is 2.86. The first-order valence-corrected chi connectivity index (χ1v) is 9.74. The average Bonchev–Trinajstić information content (AvgIpc) is 2.58. The molecule has 0 saturated carbocycles. The van der Waals surface area contributed by atoms with Crippen LogP contribution in [0.3, 0.4) is 0 Å². The highest BCUT2D eigenvalue weighted by molar-refractivity contribution is 5.94. The number of carbonyl (C=O) groups excluding carboxylic acids is 3. The number of nitrogens with one attached hydrogen (secondary N) is 2. The maximum atomic E-state index is 12.7. The molecule has 156 valence electrons. The molecular formula is C22H34N2O4. The van der Waals surface area contributed by atoms with E-state index in [2.05, 4.69) is 31.4 Å². The summed E-state index contributed by atoms with van der Waals surface area (Å²) in [6.45, 7) is 12.8. The van der Waals surface area contributed by atoms with Crippen LogP contribution in [0, 0.1) is 5.41 Å². The van der Waals surface area contributed by atoms with E-state index in [1.165, 1.54) is 6.07 Å². The van der Waals surface area contributed by atoms with Crippen LogP contribution < -0.4 is 15.4 Å². The average molecular weight is 391 g/mol. The van der Waals surface area contributed by atoms with Crippen molar-refractivity contribution in [3.05, 3.63) is 29.8 Å². The molecule has 1 aromatic carbocycles. The zero-order valence-corrected chi connectivity index (χ0v) is 17.9. The molecule has 0 aromatic heterocycles. The smallest absolute Gasteiger partial charge is 0.298 e. The van der Waals surface area contributed by atoms with Gasteiger partial charge in [-0.1, -0.05) is 26.8 Å². The minimum Gasteiger partial charge on any atom is -0.429 e. The maximum Gasteiger partial charge on any atom is 0.298 e. The van der Waals surface area contributed by atoms with Crippen molar-refractivity contribution in [2.45, 2.75) is 72.4 Å². The molecule has 1 aromatic rings. The second-order valence-corrected chi connectivity index (χ2v) is 9.05. The van der Waals surface area contributed by atoms with Crippen LogP contribution in [0.2, 0.25) is 0 Å². The zero-order valence-electron chi connectivity index (χ0n) is 17.9. The second kappa shape index (κ2) is 10.4. The van der Waals surface area contributed by atoms with Gasteiger partial charge in [0, 0.05) is 23.1 Å². The number of rotatable bonds is 10. The van der Waals surface area contributed by atoms with Gasteiger partial charge in [-0.3, -0.25) is 14.4 Å². The topological polar surface area (TPSA) is 84.5 Å². The van der Waals surface area contributed by atoms with E-state index >= 15 is 0 Å². The van der Waals surface area contributed by atoms with Crippen LogP contribution in [-0.4, -0.2) is 36.3 Å². The summed E-state index contributed by atoms with van der Waals surface area (Å²) in [5, 5.41) is 6.29. The Morgan fingerprint density at radius 1 is 1.11 bits per heavy atom. The highest BCUT2D eigenvalue weighted by Gasteiger charge is 2.31. The lowest BCUT2D eigenvalue weighted by Gasteiger charge is -2.31. The van der Waals surface area contributed by atoms with E-state index < -0.39 is 5.41 Å². The molecule has 6 nitrogen and oxygen atoms in total. The van der Waals surface area contributed by atoms with Gasteiger partial charge in [-0.2, -0.15) is 0 Å². The molecule has 2 N–H and O–H groups in total. The summed E-state index contributed by atoms with van der Waals surface area (Å²) >= 11 is 0. The van der Waals surface area contributed by atoms with Crippen molar-refractivity contribution in [3.8, 4) is 5.75 Å². The Kier molecular flexibility index (Phi) is 8.82. The summed E-state index contributed by atoms with van der Waals surface area (Å²) in [6, 6.07) is 6.26. The van der Waals surface area contributed by atoms with Crippen LogP contribution in [-0.2, 0) is 9.59 Å². The van der Waals surface area contributed by atoms with E-state index in [1.807, 2.05) is 20.8 Å². The molecule has 1 amide bonds. The summed E-state index contributed by atoms with van der Waals surface area (Å²) in [5.74, 6) is 0.323. The highest BCUT2D eigenvalue weighted by Crippen LogP contribution is 2.21. The van der Waals surface area contributed by atoms with E-state index in [0.29, 0.717) is 24.3 Å². The Balaban J connectivity index is 2.50. The highest BCUT2D eigenvalue weighted by atomic mass is 16.5. The molecule has 1 rings (SSSR count). The van der Waals surface area contributed by atoms with E-state index in [0.717, 1.165) is 19.3 Å². The molecule has 0 unspecified atom stereocenters. The first-order chi connectivity index (χ1) is 12.9. The summed E-state index contributed by atoms with van der Waals surface area (Å²) in [6.07, 6.45) is 2.33. The van der Waals surface area contributed by atoms with Gasteiger partial charge >= 0.3 is 0 Å². The van der Waals surface area contributed by atoms with E-state index in [4.69, 9.17) is 4.74 Å². The minimum absolute atomic E-state index is 0.144. The molecule has 0 heterocycles. The van der Waals surface area contributed by atoms with Crippen molar-refractivity contribution in [2.75, 3.05) is 6.54 Å². The SMILES string of the molecule is CC(C)(C)N[C@@H](CCCCNC(=O)c1cccc(OC=O)c1)C(=O)C(C)(C)C. The number of carbonyl (C=O) groups is 3. The largest absolute Gasteiger partial charge is 0.429 e. The van der Waals surface area contributed by atoms with Crippen molar-refractivity contribution in [2.24, 2.45) is 5.41 Å². The molecule has 0 saturated heterocycles. The van der Waals surface area contributed by atoms with Gasteiger partial charge in [-0.15, -0.1) is 0 Å². The molecule has 0 bridgehead atoms. The fraction of sp³-hybridized carbons (Fsp3) is 0.591. The second-order valence-electron chi connectivity index (χ2n) is 9.05. The molecule has 0 radical (unpaired) electrons. The summed E-state index contributed by atoms with van der Waals surface area (Å²) in [5.41, 5.74) is -0.102. The van der Waals surface area contributed by atoms with Crippen molar-refractivity contribution < 1.29 is 19.1 Å². The molecular weight excluding hydrogens is 356 g/mol. The van der Waals surface area contributed by atoms with Crippen LogP contribution in [0.1, 0.15) is 71.2 Å². The number of hydrogen-bond donors (Lipinski definition) is 2. The van der Waals surface area contributed by atoms with Gasteiger partial charge in [0.05, 0.1) is 6.04 Å². The number of amides is 1. The van der Waals surface area contributed by atoms with Gasteiger partial charge < -0.3 is 15.4 Å². The Morgan fingerprint density at radius 2 is 1.79 bits per heavy atom. The molecule has 0 spiro atoms. The lowest BCUT2D eigenvalue weighted by Crippen LogP contribution is -2.50.